The van der Waals surface area contributed by atoms with E-state index in [4.69, 9.17) is 4.74 Å². The van der Waals surface area contributed by atoms with Gasteiger partial charge in [0.25, 0.3) is 0 Å². The fraction of sp³-hybridized carbons (Fsp3) is 0.345. The molecule has 0 atom stereocenters. The van der Waals surface area contributed by atoms with Crippen molar-refractivity contribution < 1.29 is 18.3 Å². The third kappa shape index (κ3) is 6.25. The molecule has 1 amide bonds. The van der Waals surface area contributed by atoms with E-state index in [0.29, 0.717) is 11.7 Å². The van der Waals surface area contributed by atoms with Gasteiger partial charge in [0.1, 0.15) is 5.75 Å². The van der Waals surface area contributed by atoms with E-state index >= 15 is 0 Å². The second-order valence-corrected chi connectivity index (χ2v) is 9.56. The molecule has 1 aliphatic rings. The summed E-state index contributed by atoms with van der Waals surface area (Å²) in [5.41, 5.74) is 4.59. The Morgan fingerprint density at radius 2 is 1.77 bits per heavy atom. The Morgan fingerprint density at radius 3 is 2.46 bits per heavy atom. The molecule has 6 heteroatoms. The minimum atomic E-state index is -0.984. The SMILES string of the molecule is Cc1ccc(NC(=O)C(C)C)cc1C1CCN(Cc2ccc(Oc3cccc(F)c3F)cc2)CC1. The van der Waals surface area contributed by atoms with Crippen LogP contribution in [-0.4, -0.2) is 23.9 Å². The van der Waals surface area contributed by atoms with Crippen molar-refractivity contribution in [3.05, 3.63) is 89.0 Å². The second kappa shape index (κ2) is 11.0. The molecule has 1 heterocycles. The summed E-state index contributed by atoms with van der Waals surface area (Å²) in [6, 6.07) is 17.6. The summed E-state index contributed by atoms with van der Waals surface area (Å²) in [7, 11) is 0. The van der Waals surface area contributed by atoms with Crippen molar-refractivity contribution in [1.82, 2.24) is 4.90 Å². The number of anilines is 1. The third-order valence-electron chi connectivity index (χ3n) is 6.57. The monoisotopic (exact) mass is 478 g/mol. The van der Waals surface area contributed by atoms with Gasteiger partial charge < -0.3 is 10.1 Å². The van der Waals surface area contributed by atoms with Crippen LogP contribution in [-0.2, 0) is 11.3 Å². The molecule has 4 rings (SSSR count). The highest BCUT2D eigenvalue weighted by Gasteiger charge is 2.22. The number of carbonyl (C=O) groups excluding carboxylic acids is 1. The van der Waals surface area contributed by atoms with Crippen LogP contribution in [0.4, 0.5) is 14.5 Å². The molecule has 0 aromatic heterocycles. The zero-order valence-electron chi connectivity index (χ0n) is 20.5. The van der Waals surface area contributed by atoms with Crippen LogP contribution in [0.1, 0.15) is 49.3 Å². The average molecular weight is 479 g/mol. The van der Waals surface area contributed by atoms with E-state index in [1.165, 1.54) is 23.3 Å². The summed E-state index contributed by atoms with van der Waals surface area (Å²) >= 11 is 0. The summed E-state index contributed by atoms with van der Waals surface area (Å²) in [4.78, 5) is 14.5. The number of piperidine rings is 1. The van der Waals surface area contributed by atoms with Crippen LogP contribution in [0.3, 0.4) is 0 Å². The van der Waals surface area contributed by atoms with Crippen LogP contribution in [0.25, 0.3) is 0 Å². The van der Waals surface area contributed by atoms with Crippen LogP contribution >= 0.6 is 0 Å². The fourth-order valence-corrected chi connectivity index (χ4v) is 4.46. The van der Waals surface area contributed by atoms with Gasteiger partial charge >= 0.3 is 0 Å². The van der Waals surface area contributed by atoms with Gasteiger partial charge in [-0.2, -0.15) is 4.39 Å². The zero-order chi connectivity index (χ0) is 24.9. The molecular weight excluding hydrogens is 446 g/mol. The van der Waals surface area contributed by atoms with E-state index in [-0.39, 0.29) is 17.6 Å². The lowest BCUT2D eigenvalue weighted by molar-refractivity contribution is -0.118. The van der Waals surface area contributed by atoms with Crippen LogP contribution in [0.5, 0.6) is 11.5 Å². The Kier molecular flexibility index (Phi) is 7.81. The molecular formula is C29H32F2N2O2. The Balaban J connectivity index is 1.32. The van der Waals surface area contributed by atoms with Crippen molar-refractivity contribution in [3.8, 4) is 11.5 Å². The van der Waals surface area contributed by atoms with Gasteiger partial charge in [-0.1, -0.05) is 38.1 Å². The summed E-state index contributed by atoms with van der Waals surface area (Å²) in [5, 5.41) is 3.02. The highest BCUT2D eigenvalue weighted by Crippen LogP contribution is 2.33. The number of hydrogen-bond acceptors (Lipinski definition) is 3. The first-order chi connectivity index (χ1) is 16.8. The Bertz CT molecular complexity index is 1170. The van der Waals surface area contributed by atoms with Gasteiger partial charge in [-0.15, -0.1) is 0 Å². The first-order valence-electron chi connectivity index (χ1n) is 12.1. The highest BCUT2D eigenvalue weighted by atomic mass is 19.2. The Morgan fingerprint density at radius 1 is 1.06 bits per heavy atom. The number of carbonyl (C=O) groups is 1. The van der Waals surface area contributed by atoms with Crippen molar-refractivity contribution in [2.45, 2.75) is 46.1 Å². The van der Waals surface area contributed by atoms with Crippen molar-refractivity contribution in [3.63, 3.8) is 0 Å². The summed E-state index contributed by atoms with van der Waals surface area (Å²) in [6.45, 7) is 8.72. The van der Waals surface area contributed by atoms with Crippen molar-refractivity contribution >= 4 is 11.6 Å². The van der Waals surface area contributed by atoms with Crippen molar-refractivity contribution in [1.29, 1.82) is 0 Å². The highest BCUT2D eigenvalue weighted by molar-refractivity contribution is 5.92. The molecule has 3 aromatic rings. The smallest absolute Gasteiger partial charge is 0.226 e. The van der Waals surface area contributed by atoms with Gasteiger partial charge in [-0.3, -0.25) is 9.69 Å². The molecule has 0 spiro atoms. The molecule has 0 unspecified atom stereocenters. The maximum Gasteiger partial charge on any atom is 0.226 e. The van der Waals surface area contributed by atoms with E-state index < -0.39 is 11.6 Å². The maximum absolute atomic E-state index is 13.8. The molecule has 35 heavy (non-hydrogen) atoms. The number of benzene rings is 3. The minimum Gasteiger partial charge on any atom is -0.454 e. The quantitative estimate of drug-likeness (QED) is 0.396. The number of hydrogen-bond donors (Lipinski definition) is 1. The molecule has 0 radical (unpaired) electrons. The third-order valence-corrected chi connectivity index (χ3v) is 6.57. The minimum absolute atomic E-state index is 0.0344. The number of nitrogens with one attached hydrogen (secondary N) is 1. The Labute approximate surface area is 205 Å². The van der Waals surface area contributed by atoms with Gasteiger partial charge in [-0.25, -0.2) is 4.39 Å². The number of ether oxygens (including phenoxy) is 1. The van der Waals surface area contributed by atoms with E-state index in [2.05, 4.69) is 29.3 Å². The zero-order valence-corrected chi connectivity index (χ0v) is 20.5. The number of nitrogens with zero attached hydrogens (tertiary/aromatic N) is 1. The molecule has 184 valence electrons. The van der Waals surface area contributed by atoms with Crippen LogP contribution in [0.15, 0.2) is 60.7 Å². The van der Waals surface area contributed by atoms with E-state index in [9.17, 15) is 13.6 Å². The van der Waals surface area contributed by atoms with Crippen molar-refractivity contribution in [2.75, 3.05) is 18.4 Å². The summed E-state index contributed by atoms with van der Waals surface area (Å²) in [5.74, 6) is -1.11. The number of halogens is 2. The van der Waals surface area contributed by atoms with E-state index in [1.54, 1.807) is 12.1 Å². The molecule has 1 aliphatic heterocycles. The molecule has 0 saturated carbocycles. The normalized spacial score (nSPS) is 14.8. The molecule has 0 aliphatic carbocycles. The molecule has 0 bridgehead atoms. The first-order valence-corrected chi connectivity index (χ1v) is 12.1. The van der Waals surface area contributed by atoms with Gasteiger partial charge in [0.15, 0.2) is 11.6 Å². The van der Waals surface area contributed by atoms with Gasteiger partial charge in [0, 0.05) is 18.2 Å². The largest absolute Gasteiger partial charge is 0.454 e. The molecule has 1 N–H and O–H groups in total. The maximum atomic E-state index is 13.8. The lowest BCUT2D eigenvalue weighted by Crippen LogP contribution is -2.32. The number of amides is 1. The first kappa shape index (κ1) is 24.9. The molecule has 1 fully saturated rings. The number of aryl methyl sites for hydroxylation is 1. The van der Waals surface area contributed by atoms with Gasteiger partial charge in [-0.05, 0) is 91.9 Å². The molecule has 4 nitrogen and oxygen atoms in total. The summed E-state index contributed by atoms with van der Waals surface area (Å²) in [6.07, 6.45) is 2.12. The predicted octanol–water partition coefficient (Wildman–Crippen LogP) is 7.04. The standard InChI is InChI=1S/C29H32F2N2O2/c1-19(2)29(34)32-23-10-7-20(3)25(17-23)22-13-15-33(16-14-22)18-21-8-11-24(12-9-21)35-27-6-4-5-26(30)28(27)31/h4-12,17,19,22H,13-16,18H2,1-3H3,(H,32,34). The molecule has 1 saturated heterocycles. The summed E-state index contributed by atoms with van der Waals surface area (Å²) < 4.78 is 32.7. The van der Waals surface area contributed by atoms with E-state index in [0.717, 1.165) is 49.8 Å². The van der Waals surface area contributed by atoms with Crippen LogP contribution in [0, 0.1) is 24.5 Å². The van der Waals surface area contributed by atoms with E-state index in [1.807, 2.05) is 32.0 Å². The second-order valence-electron chi connectivity index (χ2n) is 9.56. The van der Waals surface area contributed by atoms with Crippen molar-refractivity contribution in [2.24, 2.45) is 5.92 Å². The topological polar surface area (TPSA) is 41.6 Å². The molecule has 3 aromatic carbocycles. The predicted molar refractivity (Wildman–Crippen MR) is 135 cm³/mol. The number of likely N-dealkylation sites (tertiary alicyclic amines) is 1. The number of rotatable bonds is 7. The average Bonchev–Trinajstić information content (AvgIpc) is 2.85. The van der Waals surface area contributed by atoms with Gasteiger partial charge in [0.05, 0.1) is 0 Å². The van der Waals surface area contributed by atoms with Crippen LogP contribution < -0.4 is 10.1 Å². The van der Waals surface area contributed by atoms with Crippen LogP contribution in [0.2, 0.25) is 0 Å². The lowest BCUT2D eigenvalue weighted by atomic mass is 9.86. The fourth-order valence-electron chi connectivity index (χ4n) is 4.46. The lowest BCUT2D eigenvalue weighted by Gasteiger charge is -2.33. The Hall–Kier alpha value is -3.25. The van der Waals surface area contributed by atoms with Gasteiger partial charge in [0.2, 0.25) is 11.7 Å².